The van der Waals surface area contributed by atoms with E-state index in [1.54, 1.807) is 0 Å². The first-order valence-electron chi connectivity index (χ1n) is 0.500. The van der Waals surface area contributed by atoms with Crippen LogP contribution in [0.2, 0.25) is 0 Å². The molecule has 0 heterocycles. The minimum absolute atomic E-state index is 0. The van der Waals surface area contributed by atoms with E-state index in [-0.39, 0.29) is 32.7 Å². The molecule has 0 unspecified atom stereocenters. The predicted octanol–water partition coefficient (Wildman–Crippen LogP) is -0.599. The molecule has 0 saturated carbocycles. The zero-order valence-electron chi connectivity index (χ0n) is 2.95. The average molecular weight is 224 g/mol. The fourth-order valence-corrected chi connectivity index (χ4v) is 0. The van der Waals surface area contributed by atoms with E-state index in [1.807, 2.05) is 0 Å². The molecule has 0 bridgehead atoms. The van der Waals surface area contributed by atoms with Crippen LogP contribution in [-0.4, -0.2) is 0 Å². The van der Waals surface area contributed by atoms with Crippen molar-refractivity contribution in [3.8, 4) is 0 Å². The van der Waals surface area contributed by atoms with Crippen molar-refractivity contribution in [2.24, 2.45) is 0 Å². The SMILES string of the molecule is [O-2].[O-2].[O]=[Mo](=[O])=[O].[Ti+4]. The fourth-order valence-electron chi connectivity index (χ4n) is 0. The molecule has 0 aromatic heterocycles. The fraction of sp³-hybridized carbons (Fsp3) is 0. The summed E-state index contributed by atoms with van der Waals surface area (Å²) < 4.78 is 25.8. The molecular formula is MoO5Ti. The van der Waals surface area contributed by atoms with Gasteiger partial charge in [0.1, 0.15) is 0 Å². The zero-order valence-corrected chi connectivity index (χ0v) is 6.52. The summed E-state index contributed by atoms with van der Waals surface area (Å²) in [6, 6.07) is 0. The molecule has 0 N–H and O–H groups in total. The molecule has 7 heteroatoms. The first-order chi connectivity index (χ1) is 1.73. The van der Waals surface area contributed by atoms with Gasteiger partial charge in [0, 0.05) is 0 Å². The Bertz CT molecular complexity index is 77.5. The smallest absolute Gasteiger partial charge is 4.00 e. The maximum atomic E-state index is 8.59. The second kappa shape index (κ2) is 15.9. The molecule has 7 heavy (non-hydrogen) atoms. The Hall–Kier alpha value is 0.723. The number of hydrogen-bond acceptors (Lipinski definition) is 3. The molecule has 0 aromatic rings. The van der Waals surface area contributed by atoms with Crippen LogP contribution in [0.15, 0.2) is 0 Å². The van der Waals surface area contributed by atoms with Gasteiger partial charge in [-0.05, 0) is 0 Å². The number of hydrogen-bond donors (Lipinski definition) is 0. The topological polar surface area (TPSA) is 108 Å². The summed E-state index contributed by atoms with van der Waals surface area (Å²) in [6.45, 7) is 0. The van der Waals surface area contributed by atoms with E-state index < -0.39 is 17.2 Å². The Balaban J connectivity index is -0.0000000150. The first-order valence-corrected chi connectivity index (χ1v) is 2.96. The summed E-state index contributed by atoms with van der Waals surface area (Å²) in [5, 5.41) is 0. The van der Waals surface area contributed by atoms with Crippen LogP contribution in [0.4, 0.5) is 0 Å². The Labute approximate surface area is 60.1 Å². The maximum absolute atomic E-state index is 8.59. The van der Waals surface area contributed by atoms with Crippen molar-refractivity contribution < 1.29 is 60.1 Å². The van der Waals surface area contributed by atoms with Crippen LogP contribution in [0, 0.1) is 0 Å². The minimum atomic E-state index is -4.11. The van der Waals surface area contributed by atoms with Crippen LogP contribution in [0.3, 0.4) is 0 Å². The van der Waals surface area contributed by atoms with Crippen LogP contribution >= 0.6 is 0 Å². The van der Waals surface area contributed by atoms with Crippen molar-refractivity contribution in [3.05, 3.63) is 0 Å². The normalized spacial score (nSPS) is 3.43. The molecule has 0 aliphatic rings. The van der Waals surface area contributed by atoms with Crippen molar-refractivity contribution >= 4 is 0 Å². The van der Waals surface area contributed by atoms with Gasteiger partial charge in [0.15, 0.2) is 0 Å². The van der Waals surface area contributed by atoms with Gasteiger partial charge in [-0.1, -0.05) is 0 Å². The van der Waals surface area contributed by atoms with Gasteiger partial charge in [0.2, 0.25) is 0 Å². The van der Waals surface area contributed by atoms with Crippen molar-refractivity contribution in [2.45, 2.75) is 0 Å². The van der Waals surface area contributed by atoms with Crippen LogP contribution < -0.4 is 0 Å². The van der Waals surface area contributed by atoms with E-state index in [9.17, 15) is 0 Å². The summed E-state index contributed by atoms with van der Waals surface area (Å²) in [5.41, 5.74) is 0. The van der Waals surface area contributed by atoms with Gasteiger partial charge in [0.25, 0.3) is 0 Å². The Morgan fingerprint density at radius 2 is 0.857 bits per heavy atom. The van der Waals surface area contributed by atoms with E-state index in [1.165, 1.54) is 0 Å². The molecule has 0 aromatic carbocycles. The second-order valence-corrected chi connectivity index (χ2v) is 1.21. The first kappa shape index (κ1) is 25.2. The van der Waals surface area contributed by atoms with Crippen LogP contribution in [0.1, 0.15) is 0 Å². The Kier molecular flexibility index (Phi) is 57.2. The van der Waals surface area contributed by atoms with Crippen molar-refractivity contribution in [1.82, 2.24) is 0 Å². The van der Waals surface area contributed by atoms with Gasteiger partial charge in [-0.2, -0.15) is 0 Å². The monoisotopic (exact) mass is 226 g/mol. The molecule has 0 spiro atoms. The second-order valence-electron chi connectivity index (χ2n) is 0.204. The summed E-state index contributed by atoms with van der Waals surface area (Å²) in [6.07, 6.45) is 0. The molecule has 0 radical (unpaired) electrons. The van der Waals surface area contributed by atoms with E-state index in [4.69, 9.17) is 10.2 Å². The van der Waals surface area contributed by atoms with Gasteiger partial charge >= 0.3 is 49.1 Å². The Morgan fingerprint density at radius 3 is 0.857 bits per heavy atom. The summed E-state index contributed by atoms with van der Waals surface area (Å²) in [4.78, 5) is 0. The van der Waals surface area contributed by atoms with Gasteiger partial charge in [-0.15, -0.1) is 0 Å². The van der Waals surface area contributed by atoms with E-state index in [2.05, 4.69) is 0 Å². The molecule has 0 amide bonds. The standard InChI is InChI=1S/Mo.5O.Ti/q;;;;2*-2;+4. The van der Waals surface area contributed by atoms with E-state index >= 15 is 0 Å². The van der Waals surface area contributed by atoms with Gasteiger partial charge in [0.05, 0.1) is 0 Å². The third-order valence-corrected chi connectivity index (χ3v) is 0. The average Bonchev–Trinajstić information content (AvgIpc) is 0.811. The molecule has 0 rings (SSSR count). The van der Waals surface area contributed by atoms with Crippen LogP contribution in [0.5, 0.6) is 0 Å². The minimum Gasteiger partial charge on any atom is 4.00 e. The van der Waals surface area contributed by atoms with E-state index in [0.717, 1.165) is 0 Å². The quantitative estimate of drug-likeness (QED) is 0.512. The zero-order chi connectivity index (χ0) is 3.58. The molecule has 0 aliphatic heterocycles. The molecule has 0 aliphatic carbocycles. The third kappa shape index (κ3) is 287. The third-order valence-electron chi connectivity index (χ3n) is 0. The predicted molar refractivity (Wildman–Crippen MR) is 3.43 cm³/mol. The largest absolute Gasteiger partial charge is 4.00 e. The summed E-state index contributed by atoms with van der Waals surface area (Å²) in [5.74, 6) is 0. The van der Waals surface area contributed by atoms with Crippen LogP contribution in [-0.2, 0) is 60.1 Å². The Morgan fingerprint density at radius 1 is 0.857 bits per heavy atom. The van der Waals surface area contributed by atoms with Crippen molar-refractivity contribution in [3.63, 3.8) is 0 Å². The molecular weight excluding hydrogens is 224 g/mol. The molecule has 0 fully saturated rings. The molecule has 40 valence electrons. The molecule has 0 saturated heterocycles. The molecule has 0 atom stereocenters. The number of rotatable bonds is 0. The maximum Gasteiger partial charge on any atom is 4.00 e. The van der Waals surface area contributed by atoms with Crippen molar-refractivity contribution in [2.75, 3.05) is 0 Å². The molecule has 5 nitrogen and oxygen atoms in total. The van der Waals surface area contributed by atoms with E-state index in [0.29, 0.717) is 0 Å². The van der Waals surface area contributed by atoms with Crippen LogP contribution in [0.25, 0.3) is 0 Å². The summed E-state index contributed by atoms with van der Waals surface area (Å²) >= 11 is -4.11. The summed E-state index contributed by atoms with van der Waals surface area (Å²) in [7, 11) is 0. The van der Waals surface area contributed by atoms with Gasteiger partial charge in [-0.25, -0.2) is 0 Å². The van der Waals surface area contributed by atoms with Gasteiger partial charge in [-0.3, -0.25) is 0 Å². The van der Waals surface area contributed by atoms with Crippen molar-refractivity contribution in [1.29, 1.82) is 0 Å². The van der Waals surface area contributed by atoms with Gasteiger partial charge < -0.3 is 11.0 Å².